The predicted molar refractivity (Wildman–Crippen MR) is 98.3 cm³/mol. The molecule has 0 spiro atoms. The molecule has 6 heteroatoms. The number of allylic oxidation sites excluding steroid dienone is 1. The van der Waals surface area contributed by atoms with Gasteiger partial charge in [-0.1, -0.05) is 0 Å². The molecular weight excluding hydrogens is 312 g/mol. The molecule has 0 amide bonds. The molecule has 2 aromatic rings. The van der Waals surface area contributed by atoms with Gasteiger partial charge in [-0.2, -0.15) is 0 Å². The number of nitrogens with zero attached hydrogens (tertiary/aromatic N) is 3. The van der Waals surface area contributed by atoms with E-state index in [9.17, 15) is 0 Å². The Labute approximate surface area is 142 Å². The van der Waals surface area contributed by atoms with Crippen molar-refractivity contribution in [1.29, 1.82) is 0 Å². The first-order chi connectivity index (χ1) is 11.0. The van der Waals surface area contributed by atoms with Gasteiger partial charge in [-0.05, 0) is 38.1 Å². The molecule has 0 aliphatic carbocycles. The second-order valence-electron chi connectivity index (χ2n) is 5.55. The molecule has 1 heterocycles. The van der Waals surface area contributed by atoms with E-state index >= 15 is 0 Å². The molecule has 1 aromatic heterocycles. The minimum Gasteiger partial charge on any atom is -0.366 e. The van der Waals surface area contributed by atoms with Crippen LogP contribution in [0.2, 0.25) is 0 Å². The van der Waals surface area contributed by atoms with Crippen LogP contribution in [0.15, 0.2) is 35.0 Å². The Morgan fingerprint density at radius 1 is 1.39 bits per heavy atom. The highest BCUT2D eigenvalue weighted by Crippen LogP contribution is 2.25. The molecule has 0 fully saturated rings. The van der Waals surface area contributed by atoms with Gasteiger partial charge < -0.3 is 9.47 Å². The summed E-state index contributed by atoms with van der Waals surface area (Å²) in [5.74, 6) is 1.31. The van der Waals surface area contributed by atoms with Gasteiger partial charge in [0.15, 0.2) is 0 Å². The quantitative estimate of drug-likeness (QED) is 0.392. The van der Waals surface area contributed by atoms with Gasteiger partial charge in [0.1, 0.15) is 5.84 Å². The summed E-state index contributed by atoms with van der Waals surface area (Å²) in [7, 11) is 5.54. The van der Waals surface area contributed by atoms with E-state index in [4.69, 9.17) is 16.4 Å². The first-order valence-corrected chi connectivity index (χ1v) is 7.89. The molecule has 0 unspecified atom stereocenters. The standard InChI is InChI=1S/C17H23ClN4O/c1-12-8-14-9-15(19-13(2)21(3)4)6-7-17(14)22(12)11-16(10-18)20-23-5/h6-9,11,20H,10H2,1-5H3. The Kier molecular flexibility index (Phi) is 5.69. The highest BCUT2D eigenvalue weighted by atomic mass is 35.5. The van der Waals surface area contributed by atoms with Crippen LogP contribution in [0.25, 0.3) is 17.1 Å². The lowest BCUT2D eigenvalue weighted by atomic mass is 10.2. The smallest absolute Gasteiger partial charge is 0.101 e. The summed E-state index contributed by atoms with van der Waals surface area (Å²) in [5.41, 5.74) is 6.75. The third-order valence-corrected chi connectivity index (χ3v) is 3.90. The van der Waals surface area contributed by atoms with Crippen LogP contribution >= 0.6 is 11.6 Å². The second-order valence-corrected chi connectivity index (χ2v) is 5.81. The zero-order valence-corrected chi connectivity index (χ0v) is 15.0. The number of hydroxylamine groups is 1. The molecule has 0 bridgehead atoms. The number of aromatic nitrogens is 1. The monoisotopic (exact) mass is 334 g/mol. The summed E-state index contributed by atoms with van der Waals surface area (Å²) >= 11 is 5.93. The Bertz CT molecular complexity index is 746. The lowest BCUT2D eigenvalue weighted by Crippen LogP contribution is -2.17. The van der Waals surface area contributed by atoms with Crippen LogP contribution in [0.5, 0.6) is 0 Å². The minimum absolute atomic E-state index is 0.345. The first kappa shape index (κ1) is 17.4. The minimum atomic E-state index is 0.345. The van der Waals surface area contributed by atoms with Crippen LogP contribution in [0.1, 0.15) is 12.6 Å². The number of amidine groups is 1. The Balaban J connectivity index is 2.46. The third kappa shape index (κ3) is 4.06. The Hall–Kier alpha value is -1.98. The molecule has 1 N–H and O–H groups in total. The lowest BCUT2D eigenvalue weighted by Gasteiger charge is -2.11. The molecule has 2 rings (SSSR count). The zero-order chi connectivity index (χ0) is 17.0. The van der Waals surface area contributed by atoms with Gasteiger partial charge >= 0.3 is 0 Å². The summed E-state index contributed by atoms with van der Waals surface area (Å²) in [6.45, 7) is 4.05. The molecule has 5 nitrogen and oxygen atoms in total. The van der Waals surface area contributed by atoms with Gasteiger partial charge in [-0.3, -0.25) is 10.3 Å². The van der Waals surface area contributed by atoms with Crippen molar-refractivity contribution in [1.82, 2.24) is 14.9 Å². The van der Waals surface area contributed by atoms with Crippen molar-refractivity contribution in [2.45, 2.75) is 13.8 Å². The number of hydrogen-bond donors (Lipinski definition) is 1. The van der Waals surface area contributed by atoms with E-state index in [1.165, 1.54) is 0 Å². The van der Waals surface area contributed by atoms with Crippen molar-refractivity contribution in [3.8, 4) is 0 Å². The number of halogens is 1. The van der Waals surface area contributed by atoms with Gasteiger partial charge in [0.25, 0.3) is 0 Å². The number of aliphatic imine (C=N–C) groups is 1. The first-order valence-electron chi connectivity index (χ1n) is 7.36. The van der Waals surface area contributed by atoms with E-state index < -0.39 is 0 Å². The molecule has 0 atom stereocenters. The van der Waals surface area contributed by atoms with Crippen LogP contribution in [0, 0.1) is 6.92 Å². The lowest BCUT2D eigenvalue weighted by molar-refractivity contribution is 0.119. The van der Waals surface area contributed by atoms with E-state index in [0.29, 0.717) is 5.88 Å². The fourth-order valence-electron chi connectivity index (χ4n) is 2.26. The predicted octanol–water partition coefficient (Wildman–Crippen LogP) is 3.75. The highest BCUT2D eigenvalue weighted by Gasteiger charge is 2.06. The fourth-order valence-corrected chi connectivity index (χ4v) is 2.39. The van der Waals surface area contributed by atoms with E-state index in [1.54, 1.807) is 7.11 Å². The molecule has 1 aromatic carbocycles. The summed E-state index contributed by atoms with van der Waals surface area (Å²) < 4.78 is 2.09. The van der Waals surface area contributed by atoms with Crippen molar-refractivity contribution >= 4 is 40.2 Å². The Morgan fingerprint density at radius 2 is 2.13 bits per heavy atom. The average molecular weight is 335 g/mol. The summed E-state index contributed by atoms with van der Waals surface area (Å²) in [4.78, 5) is 11.6. The molecule has 0 saturated carbocycles. The maximum Gasteiger partial charge on any atom is 0.101 e. The maximum atomic E-state index is 5.93. The van der Waals surface area contributed by atoms with Crippen LogP contribution in [-0.2, 0) is 4.84 Å². The molecule has 23 heavy (non-hydrogen) atoms. The third-order valence-electron chi connectivity index (χ3n) is 3.62. The van der Waals surface area contributed by atoms with Crippen molar-refractivity contribution in [3.63, 3.8) is 0 Å². The van der Waals surface area contributed by atoms with Crippen LogP contribution in [0.4, 0.5) is 5.69 Å². The molecule has 124 valence electrons. The second kappa shape index (κ2) is 7.53. The number of rotatable bonds is 5. The molecule has 0 aliphatic heterocycles. The largest absolute Gasteiger partial charge is 0.366 e. The van der Waals surface area contributed by atoms with Crippen molar-refractivity contribution in [3.05, 3.63) is 35.7 Å². The van der Waals surface area contributed by atoms with Crippen molar-refractivity contribution in [2.75, 3.05) is 27.1 Å². The van der Waals surface area contributed by atoms with Gasteiger partial charge in [0, 0.05) is 31.4 Å². The summed E-state index contributed by atoms with van der Waals surface area (Å²) in [6, 6.07) is 8.31. The SMILES string of the molecule is CONC(=Cn1c(C)cc2cc(N=C(C)N(C)C)ccc21)CCl. The topological polar surface area (TPSA) is 41.8 Å². The van der Waals surface area contributed by atoms with E-state index in [2.05, 4.69) is 40.2 Å². The summed E-state index contributed by atoms with van der Waals surface area (Å²) in [6.07, 6.45) is 1.95. The molecular formula is C17H23ClN4O. The van der Waals surface area contributed by atoms with Gasteiger partial charge in [0.2, 0.25) is 0 Å². The maximum absolute atomic E-state index is 5.93. The number of hydrogen-bond acceptors (Lipinski definition) is 3. The molecule has 0 aliphatic rings. The van der Waals surface area contributed by atoms with Crippen LogP contribution in [0.3, 0.4) is 0 Å². The van der Waals surface area contributed by atoms with E-state index in [1.807, 2.05) is 38.2 Å². The fraction of sp³-hybridized carbons (Fsp3) is 0.353. The summed E-state index contributed by atoms with van der Waals surface area (Å²) in [5, 5.41) is 1.14. The van der Waals surface area contributed by atoms with Crippen molar-refractivity contribution < 1.29 is 4.84 Å². The molecule has 0 radical (unpaired) electrons. The Morgan fingerprint density at radius 3 is 2.74 bits per heavy atom. The number of alkyl halides is 1. The van der Waals surface area contributed by atoms with Gasteiger partial charge in [-0.15, -0.1) is 11.6 Å². The average Bonchev–Trinajstić information content (AvgIpc) is 2.81. The number of aryl methyl sites for hydroxylation is 1. The number of benzene rings is 1. The van der Waals surface area contributed by atoms with E-state index in [-0.39, 0.29) is 0 Å². The van der Waals surface area contributed by atoms with Crippen LogP contribution in [-0.4, -0.2) is 42.4 Å². The van der Waals surface area contributed by atoms with Gasteiger partial charge in [-0.25, -0.2) is 4.99 Å². The normalized spacial score (nSPS) is 12.8. The number of fused-ring (bicyclic) bond motifs is 1. The highest BCUT2D eigenvalue weighted by molar-refractivity contribution is 6.19. The molecule has 0 saturated heterocycles. The van der Waals surface area contributed by atoms with Crippen molar-refractivity contribution in [2.24, 2.45) is 4.99 Å². The zero-order valence-electron chi connectivity index (χ0n) is 14.2. The van der Waals surface area contributed by atoms with E-state index in [0.717, 1.165) is 33.8 Å². The number of nitrogens with one attached hydrogen (secondary N) is 1. The van der Waals surface area contributed by atoms with Gasteiger partial charge in [0.05, 0.1) is 29.9 Å². The van der Waals surface area contributed by atoms with Crippen LogP contribution < -0.4 is 5.48 Å².